The highest BCUT2D eigenvalue weighted by Gasteiger charge is 2.29. The van der Waals surface area contributed by atoms with Crippen LogP contribution in [0.25, 0.3) is 11.0 Å². The predicted molar refractivity (Wildman–Crippen MR) is 118 cm³/mol. The molecule has 2 aromatic heterocycles. The summed E-state index contributed by atoms with van der Waals surface area (Å²) in [6, 6.07) is 15.5. The standard InChI is InChI=1S/C24H26N4O2/c1-4-17-5-8-19(9-6-17)30-22-11-12-28(15-16(22)2)21-13-23(29)27(3)20-10-7-18(14-25)26-24(20)21/h5-10,13,16,22H,4,11-12,15H2,1-3H3/t16-,22-/m1/s1. The molecule has 0 spiro atoms. The molecule has 2 atom stereocenters. The zero-order valence-corrected chi connectivity index (χ0v) is 17.6. The Hall–Kier alpha value is -3.33. The van der Waals surface area contributed by atoms with Gasteiger partial charge in [-0.15, -0.1) is 0 Å². The lowest BCUT2D eigenvalue weighted by atomic mass is 9.95. The monoisotopic (exact) mass is 402 g/mol. The molecule has 3 aromatic rings. The minimum absolute atomic E-state index is 0.0777. The number of hydrogen-bond acceptors (Lipinski definition) is 5. The van der Waals surface area contributed by atoms with Gasteiger partial charge in [0.25, 0.3) is 5.56 Å². The molecule has 4 rings (SSSR count). The Morgan fingerprint density at radius 3 is 2.67 bits per heavy atom. The van der Waals surface area contributed by atoms with Crippen molar-refractivity contribution >= 4 is 16.7 Å². The summed E-state index contributed by atoms with van der Waals surface area (Å²) in [6.45, 7) is 5.85. The number of ether oxygens (including phenoxy) is 1. The number of nitriles is 1. The van der Waals surface area contributed by atoms with Crippen LogP contribution in [0.5, 0.6) is 5.75 Å². The van der Waals surface area contributed by atoms with Gasteiger partial charge in [0.1, 0.15) is 29.1 Å². The normalized spacial score (nSPS) is 18.9. The van der Waals surface area contributed by atoms with Crippen LogP contribution in [0.3, 0.4) is 0 Å². The van der Waals surface area contributed by atoms with E-state index in [0.717, 1.165) is 42.9 Å². The van der Waals surface area contributed by atoms with E-state index in [1.165, 1.54) is 5.56 Å². The SMILES string of the molecule is CCc1ccc(O[C@@H]2CCN(c3cc(=O)n(C)c4ccc(C#N)nc34)C[C@H]2C)cc1. The van der Waals surface area contributed by atoms with Gasteiger partial charge in [0.15, 0.2) is 0 Å². The number of pyridine rings is 2. The quantitative estimate of drug-likeness (QED) is 0.666. The second-order valence-corrected chi connectivity index (χ2v) is 7.97. The Labute approximate surface area is 176 Å². The zero-order chi connectivity index (χ0) is 21.3. The zero-order valence-electron chi connectivity index (χ0n) is 17.6. The number of anilines is 1. The molecule has 1 fully saturated rings. The summed E-state index contributed by atoms with van der Waals surface area (Å²) in [5.41, 5.74) is 3.79. The van der Waals surface area contributed by atoms with Gasteiger partial charge < -0.3 is 14.2 Å². The Morgan fingerprint density at radius 1 is 1.23 bits per heavy atom. The van der Waals surface area contributed by atoms with Crippen molar-refractivity contribution in [2.24, 2.45) is 13.0 Å². The van der Waals surface area contributed by atoms with E-state index in [4.69, 9.17) is 4.74 Å². The molecule has 3 heterocycles. The Morgan fingerprint density at radius 2 is 2.00 bits per heavy atom. The van der Waals surface area contributed by atoms with Crippen molar-refractivity contribution in [1.82, 2.24) is 9.55 Å². The highest BCUT2D eigenvalue weighted by atomic mass is 16.5. The summed E-state index contributed by atoms with van der Waals surface area (Å²) in [4.78, 5) is 19.2. The lowest BCUT2D eigenvalue weighted by Gasteiger charge is -2.38. The van der Waals surface area contributed by atoms with Gasteiger partial charge in [0.05, 0.1) is 11.2 Å². The van der Waals surface area contributed by atoms with E-state index in [2.05, 4.69) is 41.9 Å². The number of aryl methyl sites for hydroxylation is 2. The van der Waals surface area contributed by atoms with E-state index in [1.54, 1.807) is 29.8 Å². The Bertz CT molecular complexity index is 1160. The number of piperidine rings is 1. The maximum atomic E-state index is 12.5. The first-order chi connectivity index (χ1) is 14.5. The van der Waals surface area contributed by atoms with Crippen LogP contribution in [0.15, 0.2) is 47.3 Å². The first-order valence-electron chi connectivity index (χ1n) is 10.4. The molecule has 0 amide bonds. The number of hydrogen-bond donors (Lipinski definition) is 0. The summed E-state index contributed by atoms with van der Waals surface area (Å²) < 4.78 is 7.84. The fraction of sp³-hybridized carbons (Fsp3) is 0.375. The molecule has 154 valence electrons. The molecule has 0 saturated carbocycles. The van der Waals surface area contributed by atoms with Crippen LogP contribution in [0, 0.1) is 17.2 Å². The van der Waals surface area contributed by atoms with E-state index in [1.807, 2.05) is 12.1 Å². The smallest absolute Gasteiger partial charge is 0.252 e. The van der Waals surface area contributed by atoms with Crippen molar-refractivity contribution in [2.45, 2.75) is 32.8 Å². The van der Waals surface area contributed by atoms with E-state index in [9.17, 15) is 10.1 Å². The summed E-state index contributed by atoms with van der Waals surface area (Å²) in [6.07, 6.45) is 1.99. The molecule has 6 heteroatoms. The Kier molecular flexibility index (Phi) is 5.45. The van der Waals surface area contributed by atoms with Crippen molar-refractivity contribution < 1.29 is 4.74 Å². The molecule has 0 bridgehead atoms. The van der Waals surface area contributed by atoms with Gasteiger partial charge in [-0.05, 0) is 36.2 Å². The third-order valence-corrected chi connectivity index (χ3v) is 5.97. The molecule has 1 saturated heterocycles. The van der Waals surface area contributed by atoms with Gasteiger partial charge in [-0.2, -0.15) is 5.26 Å². The van der Waals surface area contributed by atoms with Gasteiger partial charge in [-0.3, -0.25) is 4.79 Å². The summed E-state index contributed by atoms with van der Waals surface area (Å²) in [5.74, 6) is 1.18. The maximum Gasteiger partial charge on any atom is 0.252 e. The van der Waals surface area contributed by atoms with Crippen molar-refractivity contribution in [1.29, 1.82) is 5.26 Å². The van der Waals surface area contributed by atoms with Crippen LogP contribution >= 0.6 is 0 Å². The average molecular weight is 402 g/mol. The topological polar surface area (TPSA) is 71.2 Å². The summed E-state index contributed by atoms with van der Waals surface area (Å²) in [5, 5.41) is 9.26. The van der Waals surface area contributed by atoms with Crippen molar-refractivity contribution in [3.8, 4) is 11.8 Å². The summed E-state index contributed by atoms with van der Waals surface area (Å²) in [7, 11) is 1.73. The average Bonchev–Trinajstić information content (AvgIpc) is 2.77. The van der Waals surface area contributed by atoms with Crippen LogP contribution in [0.4, 0.5) is 5.69 Å². The van der Waals surface area contributed by atoms with E-state index < -0.39 is 0 Å². The second-order valence-electron chi connectivity index (χ2n) is 7.97. The molecule has 0 unspecified atom stereocenters. The highest BCUT2D eigenvalue weighted by molar-refractivity contribution is 5.88. The summed E-state index contributed by atoms with van der Waals surface area (Å²) >= 11 is 0. The van der Waals surface area contributed by atoms with Crippen LogP contribution in [0.1, 0.15) is 31.5 Å². The van der Waals surface area contributed by atoms with Crippen LogP contribution in [0.2, 0.25) is 0 Å². The van der Waals surface area contributed by atoms with Gasteiger partial charge in [-0.25, -0.2) is 4.98 Å². The number of fused-ring (bicyclic) bond motifs is 1. The molecule has 0 N–H and O–H groups in total. The van der Waals surface area contributed by atoms with E-state index in [-0.39, 0.29) is 17.6 Å². The number of rotatable bonds is 4. The van der Waals surface area contributed by atoms with Gasteiger partial charge in [0.2, 0.25) is 0 Å². The largest absolute Gasteiger partial charge is 0.490 e. The molecule has 0 aliphatic carbocycles. The van der Waals surface area contributed by atoms with Crippen molar-refractivity contribution in [3.63, 3.8) is 0 Å². The lowest BCUT2D eigenvalue weighted by Crippen LogP contribution is -2.45. The second kappa shape index (κ2) is 8.19. The lowest BCUT2D eigenvalue weighted by molar-refractivity contribution is 0.121. The molecule has 1 aromatic carbocycles. The first kappa shape index (κ1) is 20.0. The third-order valence-electron chi connectivity index (χ3n) is 5.97. The van der Waals surface area contributed by atoms with Crippen molar-refractivity contribution in [2.75, 3.05) is 18.0 Å². The first-order valence-corrected chi connectivity index (χ1v) is 10.4. The van der Waals surface area contributed by atoms with Crippen LogP contribution < -0.4 is 15.2 Å². The molecule has 30 heavy (non-hydrogen) atoms. The minimum atomic E-state index is -0.0777. The van der Waals surface area contributed by atoms with Crippen LogP contribution in [-0.4, -0.2) is 28.7 Å². The number of nitrogens with zero attached hydrogens (tertiary/aromatic N) is 4. The number of aromatic nitrogens is 2. The molecule has 1 aliphatic heterocycles. The third kappa shape index (κ3) is 3.76. The Balaban J connectivity index is 1.58. The maximum absolute atomic E-state index is 12.5. The minimum Gasteiger partial charge on any atom is -0.490 e. The molecular formula is C24H26N4O2. The fourth-order valence-electron chi connectivity index (χ4n) is 4.11. The predicted octanol–water partition coefficient (Wildman–Crippen LogP) is 3.66. The van der Waals surface area contributed by atoms with Crippen molar-refractivity contribution in [3.05, 3.63) is 64.1 Å². The molecular weight excluding hydrogens is 376 g/mol. The fourth-order valence-corrected chi connectivity index (χ4v) is 4.11. The molecule has 0 radical (unpaired) electrons. The van der Waals surface area contributed by atoms with Crippen LogP contribution in [-0.2, 0) is 13.5 Å². The number of benzene rings is 1. The van der Waals surface area contributed by atoms with Gasteiger partial charge >= 0.3 is 0 Å². The molecule has 1 aliphatic rings. The highest BCUT2D eigenvalue weighted by Crippen LogP contribution is 2.30. The van der Waals surface area contributed by atoms with E-state index >= 15 is 0 Å². The molecule has 6 nitrogen and oxygen atoms in total. The van der Waals surface area contributed by atoms with E-state index in [0.29, 0.717) is 11.2 Å². The van der Waals surface area contributed by atoms with Gasteiger partial charge in [0, 0.05) is 38.5 Å². The van der Waals surface area contributed by atoms with Gasteiger partial charge in [-0.1, -0.05) is 26.0 Å².